The van der Waals surface area contributed by atoms with Crippen molar-refractivity contribution in [1.82, 2.24) is 19.3 Å². The fourth-order valence-corrected chi connectivity index (χ4v) is 2.50. The maximum absolute atomic E-state index is 12.5. The highest BCUT2D eigenvalue weighted by atomic mass is 19.3. The van der Waals surface area contributed by atoms with Gasteiger partial charge in [-0.05, 0) is 20.2 Å². The van der Waals surface area contributed by atoms with Crippen molar-refractivity contribution in [3.8, 4) is 28.8 Å². The molecule has 0 saturated carbocycles. The molecule has 0 atom stereocenters. The van der Waals surface area contributed by atoms with Gasteiger partial charge in [-0.25, -0.2) is 4.98 Å². The zero-order chi connectivity index (χ0) is 19.4. The lowest BCUT2D eigenvalue weighted by molar-refractivity contribution is -0.0530. The molecule has 3 aromatic rings. The van der Waals surface area contributed by atoms with E-state index in [-0.39, 0.29) is 11.8 Å². The fourth-order valence-electron chi connectivity index (χ4n) is 2.50. The van der Waals surface area contributed by atoms with Gasteiger partial charge in [-0.3, -0.25) is 4.40 Å². The van der Waals surface area contributed by atoms with Crippen LogP contribution in [0.2, 0.25) is 0 Å². The second kappa shape index (κ2) is 8.17. The Morgan fingerprint density at radius 2 is 1.96 bits per heavy atom. The molecule has 0 aliphatic rings. The highest BCUT2D eigenvalue weighted by Crippen LogP contribution is 2.29. The minimum absolute atomic E-state index is 0.168. The van der Waals surface area contributed by atoms with E-state index in [1.54, 1.807) is 12.3 Å². The predicted octanol–water partition coefficient (Wildman–Crippen LogP) is 2.95. The molecule has 27 heavy (non-hydrogen) atoms. The summed E-state index contributed by atoms with van der Waals surface area (Å²) in [5.41, 5.74) is 1.94. The molecule has 144 valence electrons. The third kappa shape index (κ3) is 4.62. The molecule has 0 radical (unpaired) electrons. The van der Waals surface area contributed by atoms with Gasteiger partial charge in [-0.15, -0.1) is 0 Å². The number of ether oxygens (including phenoxy) is 3. The smallest absolute Gasteiger partial charge is 0.388 e. The van der Waals surface area contributed by atoms with E-state index in [0.29, 0.717) is 29.3 Å². The van der Waals surface area contributed by atoms with Crippen molar-refractivity contribution >= 4 is 5.65 Å². The van der Waals surface area contributed by atoms with Crippen molar-refractivity contribution in [3.05, 3.63) is 36.7 Å². The third-order valence-electron chi connectivity index (χ3n) is 3.79. The summed E-state index contributed by atoms with van der Waals surface area (Å²) < 4.78 is 42.1. The van der Waals surface area contributed by atoms with Gasteiger partial charge < -0.3 is 19.1 Å². The number of halogens is 2. The van der Waals surface area contributed by atoms with Gasteiger partial charge in [0.1, 0.15) is 18.0 Å². The Balaban J connectivity index is 1.90. The summed E-state index contributed by atoms with van der Waals surface area (Å²) in [4.78, 5) is 10.3. The lowest BCUT2D eigenvalue weighted by Gasteiger charge is -2.11. The molecule has 9 heteroatoms. The van der Waals surface area contributed by atoms with Crippen LogP contribution in [-0.4, -0.2) is 60.2 Å². The molecule has 7 nitrogen and oxygen atoms in total. The van der Waals surface area contributed by atoms with Crippen LogP contribution in [0.5, 0.6) is 17.5 Å². The Hall–Kier alpha value is -2.94. The van der Waals surface area contributed by atoms with Crippen LogP contribution in [-0.2, 0) is 0 Å². The highest BCUT2D eigenvalue weighted by molar-refractivity contribution is 5.66. The van der Waals surface area contributed by atoms with Crippen LogP contribution < -0.4 is 14.2 Å². The summed E-state index contributed by atoms with van der Waals surface area (Å²) in [7, 11) is 5.36. The van der Waals surface area contributed by atoms with Gasteiger partial charge in [-0.1, -0.05) is 0 Å². The van der Waals surface area contributed by atoms with Gasteiger partial charge in [-0.2, -0.15) is 13.8 Å². The van der Waals surface area contributed by atoms with Crippen molar-refractivity contribution in [3.63, 3.8) is 0 Å². The second-order valence-corrected chi connectivity index (χ2v) is 6.00. The molecule has 0 saturated heterocycles. The van der Waals surface area contributed by atoms with E-state index in [0.717, 1.165) is 6.54 Å². The molecule has 0 bridgehead atoms. The second-order valence-electron chi connectivity index (χ2n) is 6.00. The molecule has 3 rings (SSSR count). The number of hydrogen-bond donors (Lipinski definition) is 0. The Kier molecular flexibility index (Phi) is 5.70. The lowest BCUT2D eigenvalue weighted by atomic mass is 10.2. The van der Waals surface area contributed by atoms with Crippen molar-refractivity contribution < 1.29 is 23.0 Å². The maximum atomic E-state index is 12.5. The average molecular weight is 378 g/mol. The lowest BCUT2D eigenvalue weighted by Crippen LogP contribution is -2.19. The summed E-state index contributed by atoms with van der Waals surface area (Å²) in [6.45, 7) is -1.61. The molecule has 3 heterocycles. The first-order valence-corrected chi connectivity index (χ1v) is 8.22. The molecule has 3 aromatic heterocycles. The van der Waals surface area contributed by atoms with E-state index in [9.17, 15) is 8.78 Å². The van der Waals surface area contributed by atoms with E-state index >= 15 is 0 Å². The van der Waals surface area contributed by atoms with Gasteiger partial charge in [0.15, 0.2) is 0 Å². The van der Waals surface area contributed by atoms with Crippen molar-refractivity contribution in [2.45, 2.75) is 6.61 Å². The van der Waals surface area contributed by atoms with E-state index < -0.39 is 6.61 Å². The van der Waals surface area contributed by atoms with Crippen LogP contribution in [0.15, 0.2) is 36.7 Å². The number of likely N-dealkylation sites (N-methyl/N-ethyl adjacent to an activating group) is 1. The third-order valence-corrected chi connectivity index (χ3v) is 3.79. The summed E-state index contributed by atoms with van der Waals surface area (Å²) in [6.07, 6.45) is 3.45. The number of nitrogens with zero attached hydrogens (tertiary/aromatic N) is 4. The summed E-state index contributed by atoms with van der Waals surface area (Å²) in [6, 6.07) is 6.68. The van der Waals surface area contributed by atoms with Crippen LogP contribution >= 0.6 is 0 Å². The normalized spacial score (nSPS) is 11.4. The average Bonchev–Trinajstić information content (AvgIpc) is 3.03. The number of alkyl halides is 2. The Bertz CT molecular complexity index is 915. The quantitative estimate of drug-likeness (QED) is 0.601. The molecular formula is C18H20F2N4O3. The molecule has 0 aliphatic heterocycles. The minimum atomic E-state index is -2.97. The van der Waals surface area contributed by atoms with Crippen molar-refractivity contribution in [2.24, 2.45) is 0 Å². The molecule has 0 fully saturated rings. The highest BCUT2D eigenvalue weighted by Gasteiger charge is 2.13. The number of hydrogen-bond acceptors (Lipinski definition) is 6. The zero-order valence-corrected chi connectivity index (χ0v) is 15.2. The number of rotatable bonds is 8. The molecule has 0 spiro atoms. The summed E-state index contributed by atoms with van der Waals surface area (Å²) in [5.74, 6) is 0.648. The first kappa shape index (κ1) is 18.8. The molecule has 0 amide bonds. The number of methoxy groups -OCH3 is 1. The number of pyridine rings is 2. The van der Waals surface area contributed by atoms with Crippen molar-refractivity contribution in [1.29, 1.82) is 0 Å². The largest absolute Gasteiger partial charge is 0.492 e. The van der Waals surface area contributed by atoms with Crippen LogP contribution in [0.25, 0.3) is 16.9 Å². The van der Waals surface area contributed by atoms with Gasteiger partial charge in [0, 0.05) is 36.5 Å². The summed E-state index contributed by atoms with van der Waals surface area (Å²) in [5, 5.41) is 0. The van der Waals surface area contributed by atoms with E-state index in [1.807, 2.05) is 41.7 Å². The van der Waals surface area contributed by atoms with Crippen molar-refractivity contribution in [2.75, 3.05) is 34.4 Å². The SMILES string of the molecule is COc1cc(-c2cnc3cc(OCCN(C)C)ccn23)cc(OC(F)F)n1. The minimum Gasteiger partial charge on any atom is -0.492 e. The van der Waals surface area contributed by atoms with Crippen LogP contribution in [0.3, 0.4) is 0 Å². The Morgan fingerprint density at radius 1 is 1.19 bits per heavy atom. The topological polar surface area (TPSA) is 61.1 Å². The monoisotopic (exact) mass is 378 g/mol. The number of fused-ring (bicyclic) bond motifs is 1. The Labute approximate surface area is 155 Å². The zero-order valence-electron chi connectivity index (χ0n) is 15.2. The van der Waals surface area contributed by atoms with Crippen LogP contribution in [0.4, 0.5) is 8.78 Å². The van der Waals surface area contributed by atoms with E-state index in [1.165, 1.54) is 13.2 Å². The Morgan fingerprint density at radius 3 is 2.67 bits per heavy atom. The van der Waals surface area contributed by atoms with Gasteiger partial charge in [0.05, 0.1) is 19.0 Å². The molecule has 0 aliphatic carbocycles. The van der Waals surface area contributed by atoms with E-state index in [2.05, 4.69) is 14.7 Å². The molecule has 0 N–H and O–H groups in total. The molecular weight excluding hydrogens is 358 g/mol. The van der Waals surface area contributed by atoms with Crippen LogP contribution in [0, 0.1) is 0 Å². The van der Waals surface area contributed by atoms with Gasteiger partial charge >= 0.3 is 6.61 Å². The molecule has 0 aromatic carbocycles. The summed E-state index contributed by atoms with van der Waals surface area (Å²) >= 11 is 0. The van der Waals surface area contributed by atoms with Crippen LogP contribution in [0.1, 0.15) is 0 Å². The fraction of sp³-hybridized carbons (Fsp3) is 0.333. The predicted molar refractivity (Wildman–Crippen MR) is 95.7 cm³/mol. The van der Waals surface area contributed by atoms with Gasteiger partial charge in [0.25, 0.3) is 0 Å². The van der Waals surface area contributed by atoms with Gasteiger partial charge in [0.2, 0.25) is 11.8 Å². The molecule has 0 unspecified atom stereocenters. The number of aromatic nitrogens is 3. The maximum Gasteiger partial charge on any atom is 0.388 e. The standard InChI is InChI=1S/C18H20F2N4O3/c1-23(2)6-7-26-13-4-5-24-14(11-21-15(24)10-13)12-8-16(25-3)22-17(9-12)27-18(19)20/h4-5,8-11,18H,6-7H2,1-3H3. The van der Waals surface area contributed by atoms with E-state index in [4.69, 9.17) is 9.47 Å². The number of imidazole rings is 1. The first-order valence-electron chi connectivity index (χ1n) is 8.22. The first-order chi connectivity index (χ1) is 13.0.